The monoisotopic (exact) mass is 402 g/mol. The molecular weight excluding hydrogens is 383 g/mol. The minimum atomic E-state index is 0.579. The molecule has 6 heteroatoms. The topological polar surface area (TPSA) is 37.6 Å². The van der Waals surface area contributed by atoms with Crippen molar-refractivity contribution in [2.75, 3.05) is 36.5 Å². The molecular formula is C21H20Cl2N2O2. The molecule has 0 unspecified atom stereocenters. The van der Waals surface area contributed by atoms with E-state index in [0.29, 0.717) is 16.6 Å². The summed E-state index contributed by atoms with van der Waals surface area (Å²) in [6, 6.07) is 17.7. The molecule has 0 saturated carbocycles. The van der Waals surface area contributed by atoms with Crippen molar-refractivity contribution in [3.63, 3.8) is 0 Å². The Hall–Kier alpha value is -2.14. The second-order valence-electron chi connectivity index (χ2n) is 6.39. The maximum atomic E-state index is 6.25. The Bertz CT molecular complexity index is 903. The molecule has 2 heterocycles. The van der Waals surface area contributed by atoms with Crippen molar-refractivity contribution in [1.29, 1.82) is 0 Å². The highest BCUT2D eigenvalue weighted by molar-refractivity contribution is 6.36. The van der Waals surface area contributed by atoms with Crippen LogP contribution < -0.4 is 10.2 Å². The van der Waals surface area contributed by atoms with Crippen molar-refractivity contribution in [2.45, 2.75) is 6.54 Å². The van der Waals surface area contributed by atoms with Gasteiger partial charge in [0.2, 0.25) is 0 Å². The third-order valence-corrected chi connectivity index (χ3v) is 5.12. The van der Waals surface area contributed by atoms with Gasteiger partial charge < -0.3 is 19.4 Å². The van der Waals surface area contributed by atoms with Crippen LogP contribution in [0.5, 0.6) is 0 Å². The van der Waals surface area contributed by atoms with Gasteiger partial charge in [0.25, 0.3) is 0 Å². The molecule has 1 aromatic heterocycles. The number of anilines is 2. The van der Waals surface area contributed by atoms with Gasteiger partial charge in [-0.15, -0.1) is 0 Å². The zero-order valence-electron chi connectivity index (χ0n) is 14.8. The van der Waals surface area contributed by atoms with E-state index in [9.17, 15) is 0 Å². The zero-order valence-corrected chi connectivity index (χ0v) is 16.3. The number of benzene rings is 2. The standard InChI is InChI=1S/C21H20Cl2N2O2/c22-15-1-7-19(20(23)13-15)21-8-6-18(27-21)14-24-16-2-4-17(5-3-16)25-9-11-26-12-10-25/h1-8,13,24H,9-12,14H2. The smallest absolute Gasteiger partial charge is 0.135 e. The lowest BCUT2D eigenvalue weighted by Gasteiger charge is -2.28. The predicted octanol–water partition coefficient (Wildman–Crippen LogP) is 5.70. The van der Waals surface area contributed by atoms with Gasteiger partial charge in [0.05, 0.1) is 24.8 Å². The Morgan fingerprint density at radius 2 is 1.70 bits per heavy atom. The third-order valence-electron chi connectivity index (χ3n) is 4.57. The largest absolute Gasteiger partial charge is 0.459 e. The molecule has 1 fully saturated rings. The first kappa shape index (κ1) is 18.2. The van der Waals surface area contributed by atoms with Crippen molar-refractivity contribution < 1.29 is 9.15 Å². The lowest BCUT2D eigenvalue weighted by atomic mass is 10.2. The first-order chi connectivity index (χ1) is 13.2. The van der Waals surface area contributed by atoms with Crippen LogP contribution >= 0.6 is 23.2 Å². The van der Waals surface area contributed by atoms with E-state index in [0.717, 1.165) is 49.1 Å². The Kier molecular flexibility index (Phi) is 5.58. The fourth-order valence-corrected chi connectivity index (χ4v) is 3.61. The van der Waals surface area contributed by atoms with Crippen LogP contribution in [-0.2, 0) is 11.3 Å². The number of nitrogens with one attached hydrogen (secondary N) is 1. The van der Waals surface area contributed by atoms with Crippen LogP contribution in [0.4, 0.5) is 11.4 Å². The molecule has 1 saturated heterocycles. The van der Waals surface area contributed by atoms with Crippen molar-refractivity contribution >= 4 is 34.6 Å². The van der Waals surface area contributed by atoms with Gasteiger partial charge in [-0.05, 0) is 54.6 Å². The number of nitrogens with zero attached hydrogens (tertiary/aromatic N) is 1. The number of morpholine rings is 1. The van der Waals surface area contributed by atoms with E-state index in [1.807, 2.05) is 18.2 Å². The fraction of sp³-hybridized carbons (Fsp3) is 0.238. The van der Waals surface area contributed by atoms with Gasteiger partial charge in [0.1, 0.15) is 11.5 Å². The molecule has 2 aromatic carbocycles. The number of ether oxygens (including phenoxy) is 1. The second-order valence-corrected chi connectivity index (χ2v) is 7.23. The first-order valence-corrected chi connectivity index (χ1v) is 9.65. The van der Waals surface area contributed by atoms with E-state index in [1.165, 1.54) is 5.69 Å². The zero-order chi connectivity index (χ0) is 18.6. The maximum absolute atomic E-state index is 6.25. The summed E-state index contributed by atoms with van der Waals surface area (Å²) in [5, 5.41) is 4.58. The van der Waals surface area contributed by atoms with E-state index >= 15 is 0 Å². The van der Waals surface area contributed by atoms with Crippen LogP contribution in [0, 0.1) is 0 Å². The molecule has 0 atom stereocenters. The molecule has 0 bridgehead atoms. The molecule has 0 amide bonds. The van der Waals surface area contributed by atoms with Crippen molar-refractivity contribution in [3.05, 3.63) is 70.4 Å². The van der Waals surface area contributed by atoms with E-state index < -0.39 is 0 Å². The molecule has 1 N–H and O–H groups in total. The molecule has 0 radical (unpaired) electrons. The summed E-state index contributed by atoms with van der Waals surface area (Å²) in [5.41, 5.74) is 3.11. The van der Waals surface area contributed by atoms with Gasteiger partial charge >= 0.3 is 0 Å². The SMILES string of the molecule is Clc1ccc(-c2ccc(CNc3ccc(N4CCOCC4)cc3)o2)c(Cl)c1. The van der Waals surface area contributed by atoms with Crippen LogP contribution in [-0.4, -0.2) is 26.3 Å². The highest BCUT2D eigenvalue weighted by atomic mass is 35.5. The summed E-state index contributed by atoms with van der Waals surface area (Å²) in [6.45, 7) is 4.06. The molecule has 27 heavy (non-hydrogen) atoms. The normalized spacial score (nSPS) is 14.4. The van der Waals surface area contributed by atoms with E-state index in [1.54, 1.807) is 12.1 Å². The minimum Gasteiger partial charge on any atom is -0.459 e. The molecule has 4 rings (SSSR count). The molecule has 0 spiro atoms. The molecule has 1 aliphatic heterocycles. The van der Waals surface area contributed by atoms with Gasteiger partial charge in [0, 0.05) is 35.1 Å². The summed E-state index contributed by atoms with van der Waals surface area (Å²) in [6.07, 6.45) is 0. The number of rotatable bonds is 5. The van der Waals surface area contributed by atoms with Crippen LogP contribution in [0.2, 0.25) is 10.0 Å². The average Bonchev–Trinajstić information content (AvgIpc) is 3.16. The molecule has 4 nitrogen and oxygen atoms in total. The highest BCUT2D eigenvalue weighted by Crippen LogP contribution is 2.31. The molecule has 3 aromatic rings. The Morgan fingerprint density at radius 1 is 0.926 bits per heavy atom. The second kappa shape index (κ2) is 8.26. The van der Waals surface area contributed by atoms with Crippen LogP contribution in [0.15, 0.2) is 59.0 Å². The maximum Gasteiger partial charge on any atom is 0.135 e. The van der Waals surface area contributed by atoms with Crippen molar-refractivity contribution in [3.8, 4) is 11.3 Å². The summed E-state index contributed by atoms with van der Waals surface area (Å²) >= 11 is 12.2. The van der Waals surface area contributed by atoms with E-state index in [2.05, 4.69) is 34.5 Å². The quantitative estimate of drug-likeness (QED) is 0.593. The van der Waals surface area contributed by atoms with Crippen LogP contribution in [0.25, 0.3) is 11.3 Å². The van der Waals surface area contributed by atoms with Gasteiger partial charge in [-0.25, -0.2) is 0 Å². The minimum absolute atomic E-state index is 0.579. The lowest BCUT2D eigenvalue weighted by Crippen LogP contribution is -2.36. The van der Waals surface area contributed by atoms with Gasteiger partial charge in [-0.1, -0.05) is 23.2 Å². The van der Waals surface area contributed by atoms with Crippen molar-refractivity contribution in [1.82, 2.24) is 0 Å². The summed E-state index contributed by atoms with van der Waals surface area (Å²) in [4.78, 5) is 2.34. The lowest BCUT2D eigenvalue weighted by molar-refractivity contribution is 0.122. The highest BCUT2D eigenvalue weighted by Gasteiger charge is 2.11. The van der Waals surface area contributed by atoms with Gasteiger partial charge in [-0.2, -0.15) is 0 Å². The van der Waals surface area contributed by atoms with Crippen LogP contribution in [0.1, 0.15) is 5.76 Å². The number of hydrogen-bond acceptors (Lipinski definition) is 4. The fourth-order valence-electron chi connectivity index (χ4n) is 3.11. The molecule has 1 aliphatic rings. The Morgan fingerprint density at radius 3 is 2.44 bits per heavy atom. The summed E-state index contributed by atoms with van der Waals surface area (Å²) < 4.78 is 11.3. The number of furan rings is 1. The predicted molar refractivity (Wildman–Crippen MR) is 111 cm³/mol. The van der Waals surface area contributed by atoms with Gasteiger partial charge in [0.15, 0.2) is 0 Å². The van der Waals surface area contributed by atoms with E-state index in [-0.39, 0.29) is 0 Å². The van der Waals surface area contributed by atoms with Crippen LogP contribution in [0.3, 0.4) is 0 Å². The Balaban J connectivity index is 1.38. The summed E-state index contributed by atoms with van der Waals surface area (Å²) in [5.74, 6) is 1.57. The number of halogens is 2. The van der Waals surface area contributed by atoms with E-state index in [4.69, 9.17) is 32.4 Å². The summed E-state index contributed by atoms with van der Waals surface area (Å²) in [7, 11) is 0. The number of hydrogen-bond donors (Lipinski definition) is 1. The average molecular weight is 403 g/mol. The van der Waals surface area contributed by atoms with Crippen molar-refractivity contribution in [2.24, 2.45) is 0 Å². The molecule has 140 valence electrons. The first-order valence-electron chi connectivity index (χ1n) is 8.90. The third kappa shape index (κ3) is 4.41. The van der Waals surface area contributed by atoms with Gasteiger partial charge in [-0.3, -0.25) is 0 Å². The molecule has 0 aliphatic carbocycles. The Labute approximate surface area is 168 Å².